The maximum atomic E-state index is 13.1. The van der Waals surface area contributed by atoms with Gasteiger partial charge in [0.1, 0.15) is 10.7 Å². The van der Waals surface area contributed by atoms with Crippen LogP contribution in [0.2, 0.25) is 5.02 Å². The van der Waals surface area contributed by atoms with Crippen LogP contribution in [0.3, 0.4) is 0 Å². The zero-order valence-corrected chi connectivity index (χ0v) is 17.1. The molecule has 6 nitrogen and oxygen atoms in total. The van der Waals surface area contributed by atoms with Crippen LogP contribution < -0.4 is 0 Å². The second-order valence-electron chi connectivity index (χ2n) is 6.60. The number of ether oxygens (including phenoxy) is 1. The van der Waals surface area contributed by atoms with E-state index in [4.69, 9.17) is 16.3 Å². The highest BCUT2D eigenvalue weighted by atomic mass is 35.5. The number of piperidine rings is 1. The topological polar surface area (TPSA) is 72.4 Å². The Bertz CT molecular complexity index is 905. The first kappa shape index (κ1) is 20.2. The van der Waals surface area contributed by atoms with E-state index in [2.05, 4.69) is 9.97 Å². The van der Waals surface area contributed by atoms with Crippen molar-refractivity contribution in [3.63, 3.8) is 0 Å². The van der Waals surface area contributed by atoms with Crippen molar-refractivity contribution >= 4 is 21.6 Å². The lowest BCUT2D eigenvalue weighted by Gasteiger charge is -2.32. The monoisotopic (exact) mass is 409 g/mol. The molecule has 0 radical (unpaired) electrons. The van der Waals surface area contributed by atoms with E-state index in [1.165, 1.54) is 4.31 Å². The smallest absolute Gasteiger partial charge is 0.244 e. The molecule has 1 unspecified atom stereocenters. The third-order valence-electron chi connectivity index (χ3n) is 4.71. The summed E-state index contributed by atoms with van der Waals surface area (Å²) < 4.78 is 33.2. The Balaban J connectivity index is 1.89. The van der Waals surface area contributed by atoms with Gasteiger partial charge in [-0.05, 0) is 38.8 Å². The fourth-order valence-corrected chi connectivity index (χ4v) is 5.38. The van der Waals surface area contributed by atoms with Gasteiger partial charge in [0, 0.05) is 37.4 Å². The molecule has 8 heteroatoms. The molecule has 3 rings (SSSR count). The van der Waals surface area contributed by atoms with Crippen molar-refractivity contribution in [3.8, 4) is 0 Å². The molecule has 1 aliphatic rings. The molecule has 1 aromatic carbocycles. The third kappa shape index (κ3) is 4.48. The largest absolute Gasteiger partial charge is 0.377 e. The first-order chi connectivity index (χ1) is 12.9. The SMILES string of the molecule is CCOCc1cnc(C)nc1C1CCCN(S(=O)(=O)c2ccccc2Cl)C1. The van der Waals surface area contributed by atoms with Crippen LogP contribution in [0.1, 0.15) is 42.8 Å². The Morgan fingerprint density at radius 2 is 2.11 bits per heavy atom. The third-order valence-corrected chi connectivity index (χ3v) is 7.07. The van der Waals surface area contributed by atoms with Crippen LogP contribution in [0.25, 0.3) is 0 Å². The van der Waals surface area contributed by atoms with Crippen LogP contribution in [0.4, 0.5) is 0 Å². The Hall–Kier alpha value is -1.54. The van der Waals surface area contributed by atoms with E-state index in [1.807, 2.05) is 13.8 Å². The summed E-state index contributed by atoms with van der Waals surface area (Å²) in [6.45, 7) is 5.67. The summed E-state index contributed by atoms with van der Waals surface area (Å²) in [4.78, 5) is 9.05. The zero-order chi connectivity index (χ0) is 19.4. The van der Waals surface area contributed by atoms with Crippen molar-refractivity contribution < 1.29 is 13.2 Å². The Morgan fingerprint density at radius 1 is 1.33 bits per heavy atom. The van der Waals surface area contributed by atoms with Gasteiger partial charge < -0.3 is 4.74 Å². The Kier molecular flexibility index (Phi) is 6.47. The van der Waals surface area contributed by atoms with Crippen LogP contribution in [-0.2, 0) is 21.4 Å². The van der Waals surface area contributed by atoms with Gasteiger partial charge in [-0.15, -0.1) is 0 Å². The van der Waals surface area contributed by atoms with Gasteiger partial charge in [0.15, 0.2) is 0 Å². The average molecular weight is 410 g/mol. The van der Waals surface area contributed by atoms with Gasteiger partial charge >= 0.3 is 0 Å². The number of halogens is 1. The highest BCUT2D eigenvalue weighted by Gasteiger charge is 2.33. The molecule has 1 aromatic heterocycles. The van der Waals surface area contributed by atoms with E-state index in [-0.39, 0.29) is 15.8 Å². The van der Waals surface area contributed by atoms with E-state index < -0.39 is 10.0 Å². The summed E-state index contributed by atoms with van der Waals surface area (Å²) in [5.74, 6) is 0.685. The molecule has 0 N–H and O–H groups in total. The molecule has 1 aliphatic heterocycles. The molecule has 1 fully saturated rings. The van der Waals surface area contributed by atoms with E-state index in [1.54, 1.807) is 30.5 Å². The molecule has 0 amide bonds. The highest BCUT2D eigenvalue weighted by molar-refractivity contribution is 7.89. The summed E-state index contributed by atoms with van der Waals surface area (Å²) in [7, 11) is -3.65. The number of benzene rings is 1. The van der Waals surface area contributed by atoms with Crippen molar-refractivity contribution in [1.29, 1.82) is 0 Å². The van der Waals surface area contributed by atoms with Gasteiger partial charge in [-0.25, -0.2) is 18.4 Å². The fraction of sp³-hybridized carbons (Fsp3) is 0.474. The molecule has 0 saturated carbocycles. The molecule has 2 heterocycles. The lowest BCUT2D eigenvalue weighted by Crippen LogP contribution is -2.39. The maximum Gasteiger partial charge on any atom is 0.244 e. The number of hydrogen-bond acceptors (Lipinski definition) is 5. The lowest BCUT2D eigenvalue weighted by atomic mass is 9.93. The van der Waals surface area contributed by atoms with Crippen molar-refractivity contribution in [1.82, 2.24) is 14.3 Å². The van der Waals surface area contributed by atoms with E-state index >= 15 is 0 Å². The summed E-state index contributed by atoms with van der Waals surface area (Å²) in [6, 6.07) is 6.57. The molecule has 27 heavy (non-hydrogen) atoms. The van der Waals surface area contributed by atoms with Gasteiger partial charge in [-0.2, -0.15) is 4.31 Å². The minimum atomic E-state index is -3.65. The Morgan fingerprint density at radius 3 is 2.85 bits per heavy atom. The van der Waals surface area contributed by atoms with Crippen LogP contribution in [0, 0.1) is 6.92 Å². The molecule has 1 saturated heterocycles. The van der Waals surface area contributed by atoms with Crippen molar-refractivity contribution in [2.45, 2.75) is 44.1 Å². The number of rotatable bonds is 6. The predicted molar refractivity (Wildman–Crippen MR) is 104 cm³/mol. The number of hydrogen-bond donors (Lipinski definition) is 0. The highest BCUT2D eigenvalue weighted by Crippen LogP contribution is 2.33. The quantitative estimate of drug-likeness (QED) is 0.729. The van der Waals surface area contributed by atoms with Gasteiger partial charge in [0.05, 0.1) is 17.3 Å². The van der Waals surface area contributed by atoms with Crippen LogP contribution in [-0.4, -0.2) is 42.4 Å². The normalized spacial score (nSPS) is 18.6. The maximum absolute atomic E-state index is 13.1. The fourth-order valence-electron chi connectivity index (χ4n) is 3.37. The minimum Gasteiger partial charge on any atom is -0.377 e. The first-order valence-electron chi connectivity index (χ1n) is 9.08. The molecular weight excluding hydrogens is 386 g/mol. The average Bonchev–Trinajstić information content (AvgIpc) is 2.67. The van der Waals surface area contributed by atoms with Gasteiger partial charge in [0.2, 0.25) is 10.0 Å². The van der Waals surface area contributed by atoms with Crippen molar-refractivity contribution in [2.24, 2.45) is 0 Å². The van der Waals surface area contributed by atoms with Gasteiger partial charge in [0.25, 0.3) is 0 Å². The molecule has 1 atom stereocenters. The summed E-state index contributed by atoms with van der Waals surface area (Å²) in [6.07, 6.45) is 3.43. The number of sulfonamides is 1. The van der Waals surface area contributed by atoms with Gasteiger partial charge in [-0.1, -0.05) is 23.7 Å². The zero-order valence-electron chi connectivity index (χ0n) is 15.6. The lowest BCUT2D eigenvalue weighted by molar-refractivity contribution is 0.132. The van der Waals surface area contributed by atoms with E-state index in [9.17, 15) is 8.42 Å². The number of aromatic nitrogens is 2. The van der Waals surface area contributed by atoms with Crippen molar-refractivity contribution in [2.75, 3.05) is 19.7 Å². The molecule has 0 bridgehead atoms. The predicted octanol–water partition coefficient (Wildman–Crippen LogP) is 3.54. The summed E-state index contributed by atoms with van der Waals surface area (Å²) in [5, 5.41) is 0.245. The van der Waals surface area contributed by atoms with E-state index in [0.717, 1.165) is 24.1 Å². The first-order valence-corrected chi connectivity index (χ1v) is 10.9. The second kappa shape index (κ2) is 8.65. The number of nitrogens with zero attached hydrogens (tertiary/aromatic N) is 3. The summed E-state index contributed by atoms with van der Waals surface area (Å²) in [5.41, 5.74) is 1.81. The van der Waals surface area contributed by atoms with Crippen LogP contribution in [0.15, 0.2) is 35.4 Å². The van der Waals surface area contributed by atoms with Crippen LogP contribution in [0.5, 0.6) is 0 Å². The van der Waals surface area contributed by atoms with Crippen molar-refractivity contribution in [3.05, 3.63) is 52.6 Å². The number of aryl methyl sites for hydroxylation is 1. The Labute approximate surface area is 165 Å². The van der Waals surface area contributed by atoms with Crippen LogP contribution >= 0.6 is 11.6 Å². The molecule has 0 aliphatic carbocycles. The van der Waals surface area contributed by atoms with Gasteiger partial charge in [-0.3, -0.25) is 0 Å². The minimum absolute atomic E-state index is 0.00756. The second-order valence-corrected chi connectivity index (χ2v) is 8.91. The molecular formula is C19H24ClN3O3S. The molecule has 0 spiro atoms. The van der Waals surface area contributed by atoms with E-state index in [0.29, 0.717) is 32.1 Å². The molecule has 2 aromatic rings. The summed E-state index contributed by atoms with van der Waals surface area (Å²) >= 11 is 6.14. The molecule has 146 valence electrons. The standard InChI is InChI=1S/C19H24ClN3O3S/c1-3-26-13-16-11-21-14(2)22-19(16)15-7-6-10-23(12-15)27(24,25)18-9-5-4-8-17(18)20/h4-5,8-9,11,15H,3,6-7,10,12-13H2,1-2H3.